The number of nitrogens with zero attached hydrogens (tertiary/aromatic N) is 1. The maximum Gasteiger partial charge on any atom is 0.251 e. The number of halogens is 2. The zero-order valence-electron chi connectivity index (χ0n) is 20.9. The molecule has 0 saturated heterocycles. The van der Waals surface area contributed by atoms with Gasteiger partial charge in [0.15, 0.2) is 0 Å². The van der Waals surface area contributed by atoms with Gasteiger partial charge in [0.1, 0.15) is 17.4 Å². The summed E-state index contributed by atoms with van der Waals surface area (Å²) in [6, 6.07) is 17.3. The Kier molecular flexibility index (Phi) is 9.06. The van der Waals surface area contributed by atoms with Crippen LogP contribution in [0.5, 0.6) is 5.75 Å². The first kappa shape index (κ1) is 25.8. The summed E-state index contributed by atoms with van der Waals surface area (Å²) < 4.78 is 33.1. The van der Waals surface area contributed by atoms with E-state index in [1.807, 2.05) is 12.1 Å². The van der Waals surface area contributed by atoms with Crippen LogP contribution in [0.25, 0.3) is 0 Å². The molecule has 0 spiro atoms. The maximum atomic E-state index is 13.5. The summed E-state index contributed by atoms with van der Waals surface area (Å²) in [4.78, 5) is 15.4. The Balaban J connectivity index is 1.54. The fraction of sp³-hybridized carbons (Fsp3) is 0.367. The number of fused-ring (bicyclic) bond motifs is 3. The van der Waals surface area contributed by atoms with Gasteiger partial charge < -0.3 is 10.1 Å². The van der Waals surface area contributed by atoms with Crippen molar-refractivity contribution >= 4 is 5.91 Å². The summed E-state index contributed by atoms with van der Waals surface area (Å²) in [5.41, 5.74) is 4.26. The number of hydrogen-bond donors (Lipinski definition) is 1. The van der Waals surface area contributed by atoms with Crippen molar-refractivity contribution < 1.29 is 18.3 Å². The third-order valence-corrected chi connectivity index (χ3v) is 6.41. The molecule has 3 aromatic carbocycles. The third kappa shape index (κ3) is 7.37. The molecule has 0 radical (unpaired) electrons. The zero-order valence-corrected chi connectivity index (χ0v) is 20.9. The van der Waals surface area contributed by atoms with Crippen LogP contribution in [-0.2, 0) is 19.5 Å². The number of benzene rings is 3. The molecular formula is C30H34F2N2O2. The molecule has 4 nitrogen and oxygen atoms in total. The van der Waals surface area contributed by atoms with E-state index >= 15 is 0 Å². The maximum absolute atomic E-state index is 13.5. The number of carbonyl (C=O) groups excluding carboxylic acids is 1. The number of amides is 1. The van der Waals surface area contributed by atoms with Crippen molar-refractivity contribution in [3.63, 3.8) is 0 Å². The van der Waals surface area contributed by atoms with Crippen molar-refractivity contribution in [2.75, 3.05) is 19.7 Å². The molecule has 0 unspecified atom stereocenters. The molecule has 2 bridgehead atoms. The smallest absolute Gasteiger partial charge is 0.251 e. The van der Waals surface area contributed by atoms with Gasteiger partial charge in [-0.1, -0.05) is 31.2 Å². The van der Waals surface area contributed by atoms with Crippen LogP contribution in [0, 0.1) is 11.6 Å². The lowest BCUT2D eigenvalue weighted by Gasteiger charge is -2.22. The predicted octanol–water partition coefficient (Wildman–Crippen LogP) is 6.26. The van der Waals surface area contributed by atoms with Crippen molar-refractivity contribution in [2.45, 2.75) is 52.1 Å². The highest BCUT2D eigenvalue weighted by atomic mass is 19.1. The number of carbonyl (C=O) groups is 1. The fourth-order valence-electron chi connectivity index (χ4n) is 4.70. The Morgan fingerprint density at radius 1 is 0.972 bits per heavy atom. The van der Waals surface area contributed by atoms with E-state index < -0.39 is 11.6 Å². The number of hydrogen-bond acceptors (Lipinski definition) is 3. The van der Waals surface area contributed by atoms with Crippen LogP contribution in [-0.4, -0.2) is 30.5 Å². The summed E-state index contributed by atoms with van der Waals surface area (Å²) in [5.74, 6) is -0.842. The van der Waals surface area contributed by atoms with Crippen molar-refractivity contribution in [3.05, 3.63) is 100 Å². The van der Waals surface area contributed by atoms with Gasteiger partial charge in [0, 0.05) is 31.1 Å². The molecule has 6 heteroatoms. The number of rotatable bonds is 5. The van der Waals surface area contributed by atoms with Gasteiger partial charge in [-0.3, -0.25) is 9.69 Å². The molecule has 3 aromatic rings. The topological polar surface area (TPSA) is 41.6 Å². The average molecular weight is 493 g/mol. The SMILES string of the molecule is CCCN1CCCCCOc2ccc(C(=O)NCc3cc(F)cc(F)c3)cc2Cc2cccc(c2)C1. The third-order valence-electron chi connectivity index (χ3n) is 6.41. The van der Waals surface area contributed by atoms with Crippen LogP contribution in [0.15, 0.2) is 60.7 Å². The summed E-state index contributed by atoms with van der Waals surface area (Å²) in [5, 5.41) is 2.76. The van der Waals surface area contributed by atoms with E-state index in [9.17, 15) is 13.6 Å². The molecule has 1 aliphatic rings. The summed E-state index contributed by atoms with van der Waals surface area (Å²) >= 11 is 0. The van der Waals surface area contributed by atoms with Crippen LogP contribution in [0.2, 0.25) is 0 Å². The van der Waals surface area contributed by atoms with Crippen LogP contribution in [0.4, 0.5) is 8.78 Å². The van der Waals surface area contributed by atoms with Crippen LogP contribution in [0.3, 0.4) is 0 Å². The van der Waals surface area contributed by atoms with Gasteiger partial charge in [-0.25, -0.2) is 8.78 Å². The number of nitrogens with one attached hydrogen (secondary N) is 1. The van der Waals surface area contributed by atoms with E-state index in [2.05, 4.69) is 41.4 Å². The summed E-state index contributed by atoms with van der Waals surface area (Å²) in [6.45, 7) is 6.01. The Morgan fingerprint density at radius 3 is 2.58 bits per heavy atom. The van der Waals surface area contributed by atoms with Crippen molar-refractivity contribution in [2.24, 2.45) is 0 Å². The van der Waals surface area contributed by atoms with Crippen LogP contribution < -0.4 is 10.1 Å². The van der Waals surface area contributed by atoms with Gasteiger partial charge in [0.2, 0.25) is 0 Å². The Hall–Kier alpha value is -3.25. The van der Waals surface area contributed by atoms with E-state index in [-0.39, 0.29) is 12.5 Å². The molecule has 1 N–H and O–H groups in total. The van der Waals surface area contributed by atoms with Crippen molar-refractivity contribution in [1.82, 2.24) is 10.2 Å². The molecule has 0 aromatic heterocycles. The largest absolute Gasteiger partial charge is 0.493 e. The lowest BCUT2D eigenvalue weighted by molar-refractivity contribution is 0.0950. The highest BCUT2D eigenvalue weighted by molar-refractivity contribution is 5.94. The van der Waals surface area contributed by atoms with E-state index in [1.165, 1.54) is 23.3 Å². The van der Waals surface area contributed by atoms with Crippen LogP contribution in [0.1, 0.15) is 65.2 Å². The quantitative estimate of drug-likeness (QED) is 0.457. The average Bonchev–Trinajstić information content (AvgIpc) is 2.84. The Bertz CT molecular complexity index is 1160. The summed E-state index contributed by atoms with van der Waals surface area (Å²) in [7, 11) is 0. The summed E-state index contributed by atoms with van der Waals surface area (Å²) in [6.07, 6.45) is 5.01. The normalized spacial score (nSPS) is 14.9. The molecule has 0 aliphatic carbocycles. The minimum atomic E-state index is -0.664. The van der Waals surface area contributed by atoms with Gasteiger partial charge >= 0.3 is 0 Å². The second-order valence-electron chi connectivity index (χ2n) is 9.46. The van der Waals surface area contributed by atoms with Gasteiger partial charge in [0.05, 0.1) is 6.61 Å². The molecule has 0 saturated carbocycles. The van der Waals surface area contributed by atoms with Crippen molar-refractivity contribution in [1.29, 1.82) is 0 Å². The molecule has 1 heterocycles. The van der Waals surface area contributed by atoms with Crippen molar-refractivity contribution in [3.8, 4) is 5.75 Å². The molecule has 1 amide bonds. The lowest BCUT2D eigenvalue weighted by Crippen LogP contribution is -2.25. The first-order valence-electron chi connectivity index (χ1n) is 12.8. The fourth-order valence-corrected chi connectivity index (χ4v) is 4.70. The lowest BCUT2D eigenvalue weighted by atomic mass is 9.99. The second-order valence-corrected chi connectivity index (χ2v) is 9.46. The standard InChI is InChI=1S/C30H34F2N2O2/c1-2-11-34-12-4-3-5-13-36-29-10-9-25(18-26(29)15-22-7-6-8-23(14-22)21-34)30(35)33-20-24-16-27(31)19-28(32)17-24/h6-10,14,16-19H,2-5,11-13,15,20-21H2,1H3,(H,33,35). The Labute approximate surface area is 212 Å². The highest BCUT2D eigenvalue weighted by Crippen LogP contribution is 2.25. The first-order chi connectivity index (χ1) is 17.5. The minimum Gasteiger partial charge on any atom is -0.493 e. The van der Waals surface area contributed by atoms with Gasteiger partial charge in [-0.2, -0.15) is 0 Å². The Morgan fingerprint density at radius 2 is 1.78 bits per heavy atom. The molecule has 36 heavy (non-hydrogen) atoms. The van der Waals surface area contributed by atoms with Gasteiger partial charge in [0.25, 0.3) is 5.91 Å². The molecule has 4 rings (SSSR count). The van der Waals surface area contributed by atoms with E-state index in [0.29, 0.717) is 24.2 Å². The zero-order chi connectivity index (χ0) is 25.3. The number of ether oxygens (including phenoxy) is 1. The first-order valence-corrected chi connectivity index (χ1v) is 12.8. The van der Waals surface area contributed by atoms with Crippen LogP contribution >= 0.6 is 0 Å². The molecular weight excluding hydrogens is 458 g/mol. The predicted molar refractivity (Wildman–Crippen MR) is 138 cm³/mol. The monoisotopic (exact) mass is 492 g/mol. The minimum absolute atomic E-state index is 0.0391. The van der Waals surface area contributed by atoms with Gasteiger partial charge in [-0.15, -0.1) is 0 Å². The highest BCUT2D eigenvalue weighted by Gasteiger charge is 2.14. The van der Waals surface area contributed by atoms with Gasteiger partial charge in [-0.05, 0) is 91.4 Å². The molecule has 0 atom stereocenters. The van der Waals surface area contributed by atoms with E-state index in [1.54, 1.807) is 6.07 Å². The second kappa shape index (κ2) is 12.6. The molecule has 190 valence electrons. The van der Waals surface area contributed by atoms with E-state index in [0.717, 1.165) is 62.7 Å². The van der Waals surface area contributed by atoms with E-state index in [4.69, 9.17) is 4.74 Å². The molecule has 1 aliphatic heterocycles. The molecule has 0 fully saturated rings.